The van der Waals surface area contributed by atoms with Crippen molar-refractivity contribution in [3.8, 4) is 5.75 Å². The minimum absolute atomic E-state index is 0.180. The molecule has 2 heteroatoms. The summed E-state index contributed by atoms with van der Waals surface area (Å²) in [7, 11) is -0.180. The predicted molar refractivity (Wildman–Crippen MR) is 46.8 cm³/mol. The van der Waals surface area contributed by atoms with E-state index in [0.29, 0.717) is 5.75 Å². The number of rotatable bonds is 2. The first-order valence-corrected chi connectivity index (χ1v) is 5.32. The minimum atomic E-state index is -0.180. The third kappa shape index (κ3) is 1.61. The van der Waals surface area contributed by atoms with Crippen LogP contribution in [0.15, 0.2) is 24.3 Å². The van der Waals surface area contributed by atoms with E-state index in [1.54, 1.807) is 6.07 Å². The van der Waals surface area contributed by atoms with Gasteiger partial charge in [0.15, 0.2) is 0 Å². The van der Waals surface area contributed by atoms with Gasteiger partial charge in [0.25, 0.3) is 0 Å². The molecule has 0 spiro atoms. The fourth-order valence-electron chi connectivity index (χ4n) is 0.992. The van der Waals surface area contributed by atoms with Gasteiger partial charge >= 0.3 is 0 Å². The standard InChI is InChI=1S/C8H12OSi/c1-2-10-8-6-4-3-5-7(8)9/h3-6,9H,2,10H2,1H3. The van der Waals surface area contributed by atoms with Crippen LogP contribution in [-0.4, -0.2) is 14.6 Å². The van der Waals surface area contributed by atoms with Crippen molar-refractivity contribution in [1.82, 2.24) is 0 Å². The first kappa shape index (κ1) is 7.35. The average molecular weight is 152 g/mol. The van der Waals surface area contributed by atoms with Crippen molar-refractivity contribution < 1.29 is 5.11 Å². The highest BCUT2D eigenvalue weighted by molar-refractivity contribution is 6.54. The molecule has 54 valence electrons. The van der Waals surface area contributed by atoms with E-state index in [-0.39, 0.29) is 9.52 Å². The number of aromatic hydroxyl groups is 1. The van der Waals surface area contributed by atoms with Crippen molar-refractivity contribution in [2.24, 2.45) is 0 Å². The van der Waals surface area contributed by atoms with Crippen LogP contribution in [0.3, 0.4) is 0 Å². The highest BCUT2D eigenvalue weighted by atomic mass is 28.2. The molecule has 0 bridgehead atoms. The first-order valence-electron chi connectivity index (χ1n) is 3.61. The molecule has 0 saturated carbocycles. The lowest BCUT2D eigenvalue weighted by Crippen LogP contribution is -2.12. The highest BCUT2D eigenvalue weighted by Crippen LogP contribution is 2.01. The number of phenolic OH excluding ortho intramolecular Hbond substituents is 1. The lowest BCUT2D eigenvalue weighted by molar-refractivity contribution is 0.479. The monoisotopic (exact) mass is 152 g/mol. The van der Waals surface area contributed by atoms with E-state index in [2.05, 4.69) is 6.92 Å². The van der Waals surface area contributed by atoms with Gasteiger partial charge < -0.3 is 5.11 Å². The van der Waals surface area contributed by atoms with Crippen LogP contribution in [0.4, 0.5) is 0 Å². The Morgan fingerprint density at radius 3 is 2.70 bits per heavy atom. The summed E-state index contributed by atoms with van der Waals surface area (Å²) < 4.78 is 0. The van der Waals surface area contributed by atoms with Crippen LogP contribution in [0.2, 0.25) is 6.04 Å². The zero-order chi connectivity index (χ0) is 7.40. The first-order chi connectivity index (χ1) is 4.84. The van der Waals surface area contributed by atoms with E-state index < -0.39 is 0 Å². The molecular weight excluding hydrogens is 140 g/mol. The normalized spacial score (nSPS) is 10.9. The Bertz CT molecular complexity index is 210. The molecule has 1 aromatic rings. The van der Waals surface area contributed by atoms with Gasteiger partial charge in [-0.1, -0.05) is 31.2 Å². The molecule has 0 atom stereocenters. The van der Waals surface area contributed by atoms with Crippen LogP contribution in [0, 0.1) is 0 Å². The second kappa shape index (κ2) is 3.42. The lowest BCUT2D eigenvalue weighted by Gasteiger charge is -1.99. The summed E-state index contributed by atoms with van der Waals surface area (Å²) in [6, 6.07) is 8.85. The molecule has 1 aromatic carbocycles. The second-order valence-electron chi connectivity index (χ2n) is 2.38. The molecule has 0 fully saturated rings. The van der Waals surface area contributed by atoms with Gasteiger partial charge in [-0.05, 0) is 11.3 Å². The Labute approximate surface area is 63.5 Å². The number of hydrogen-bond acceptors (Lipinski definition) is 1. The van der Waals surface area contributed by atoms with Gasteiger partial charge in [-0.2, -0.15) is 0 Å². The predicted octanol–water partition coefficient (Wildman–Crippen LogP) is 0.624. The summed E-state index contributed by atoms with van der Waals surface area (Å²) in [4.78, 5) is 0. The molecule has 0 saturated heterocycles. The maximum atomic E-state index is 9.28. The molecule has 0 radical (unpaired) electrons. The summed E-state index contributed by atoms with van der Waals surface area (Å²) >= 11 is 0. The van der Waals surface area contributed by atoms with E-state index in [9.17, 15) is 5.11 Å². The Balaban J connectivity index is 2.81. The summed E-state index contributed by atoms with van der Waals surface area (Å²) in [5.41, 5.74) is 0. The summed E-state index contributed by atoms with van der Waals surface area (Å²) in [5, 5.41) is 10.5. The van der Waals surface area contributed by atoms with Crippen molar-refractivity contribution in [3.05, 3.63) is 24.3 Å². The third-order valence-corrected chi connectivity index (χ3v) is 3.15. The molecule has 0 unspecified atom stereocenters. The van der Waals surface area contributed by atoms with Crippen LogP contribution >= 0.6 is 0 Å². The molecule has 1 rings (SSSR count). The average Bonchev–Trinajstić information content (AvgIpc) is 1.94. The SMILES string of the molecule is CC[SiH2]c1ccccc1O. The van der Waals surface area contributed by atoms with Crippen molar-refractivity contribution in [3.63, 3.8) is 0 Å². The molecule has 0 aromatic heterocycles. The maximum absolute atomic E-state index is 9.28. The van der Waals surface area contributed by atoms with Crippen molar-refractivity contribution >= 4 is 14.7 Å². The minimum Gasteiger partial charge on any atom is -0.508 e. The molecule has 10 heavy (non-hydrogen) atoms. The van der Waals surface area contributed by atoms with E-state index >= 15 is 0 Å². The Morgan fingerprint density at radius 1 is 1.40 bits per heavy atom. The number of para-hydroxylation sites is 1. The van der Waals surface area contributed by atoms with E-state index in [4.69, 9.17) is 0 Å². The number of hydrogen-bond donors (Lipinski definition) is 1. The van der Waals surface area contributed by atoms with Gasteiger partial charge in [0.05, 0.1) is 9.52 Å². The maximum Gasteiger partial charge on any atom is 0.114 e. The molecule has 1 nitrogen and oxygen atoms in total. The Hall–Kier alpha value is -0.763. The van der Waals surface area contributed by atoms with Crippen LogP contribution in [0.5, 0.6) is 5.75 Å². The fourth-order valence-corrected chi connectivity index (χ4v) is 2.21. The van der Waals surface area contributed by atoms with Gasteiger partial charge in [0, 0.05) is 0 Å². The summed E-state index contributed by atoms with van der Waals surface area (Å²) in [6.07, 6.45) is 0. The van der Waals surface area contributed by atoms with Crippen molar-refractivity contribution in [2.75, 3.05) is 0 Å². The van der Waals surface area contributed by atoms with Crippen LogP contribution in [0.1, 0.15) is 6.92 Å². The lowest BCUT2D eigenvalue weighted by atomic mass is 10.3. The summed E-state index contributed by atoms with van der Waals surface area (Å²) in [5.74, 6) is 0.482. The molecule has 0 heterocycles. The van der Waals surface area contributed by atoms with E-state index in [0.717, 1.165) is 0 Å². The molecule has 0 aliphatic heterocycles. The molecule has 0 amide bonds. The van der Waals surface area contributed by atoms with E-state index in [1.807, 2.05) is 18.2 Å². The van der Waals surface area contributed by atoms with Crippen LogP contribution in [0.25, 0.3) is 0 Å². The third-order valence-electron chi connectivity index (χ3n) is 1.51. The highest BCUT2D eigenvalue weighted by Gasteiger charge is 1.95. The molecule has 0 aliphatic carbocycles. The molecule has 1 N–H and O–H groups in total. The van der Waals surface area contributed by atoms with Gasteiger partial charge in [0.1, 0.15) is 5.75 Å². The number of benzene rings is 1. The summed E-state index contributed by atoms with van der Waals surface area (Å²) in [6.45, 7) is 2.17. The van der Waals surface area contributed by atoms with E-state index in [1.165, 1.54) is 11.2 Å². The Morgan fingerprint density at radius 2 is 2.10 bits per heavy atom. The van der Waals surface area contributed by atoms with Gasteiger partial charge in [0.2, 0.25) is 0 Å². The quantitative estimate of drug-likeness (QED) is 0.616. The van der Waals surface area contributed by atoms with Gasteiger partial charge in [-0.3, -0.25) is 0 Å². The van der Waals surface area contributed by atoms with Gasteiger partial charge in [-0.15, -0.1) is 0 Å². The molecule has 0 aliphatic rings. The van der Waals surface area contributed by atoms with Gasteiger partial charge in [-0.25, -0.2) is 0 Å². The topological polar surface area (TPSA) is 20.2 Å². The van der Waals surface area contributed by atoms with Crippen molar-refractivity contribution in [1.29, 1.82) is 0 Å². The second-order valence-corrected chi connectivity index (χ2v) is 4.64. The largest absolute Gasteiger partial charge is 0.508 e. The Kier molecular flexibility index (Phi) is 2.51. The van der Waals surface area contributed by atoms with Crippen molar-refractivity contribution in [2.45, 2.75) is 13.0 Å². The zero-order valence-corrected chi connectivity index (χ0v) is 7.59. The van der Waals surface area contributed by atoms with Crippen LogP contribution in [-0.2, 0) is 0 Å². The van der Waals surface area contributed by atoms with Crippen LogP contribution < -0.4 is 5.19 Å². The number of phenols is 1. The smallest absolute Gasteiger partial charge is 0.114 e. The zero-order valence-electron chi connectivity index (χ0n) is 6.17. The molecular formula is C8H12OSi. The fraction of sp³-hybridized carbons (Fsp3) is 0.250.